The molecule has 1 aliphatic rings. The molecule has 3 heterocycles. The number of rotatable bonds is 5. The molecule has 0 bridgehead atoms. The van der Waals surface area contributed by atoms with E-state index in [0.29, 0.717) is 18.8 Å². The predicted octanol–water partition coefficient (Wildman–Crippen LogP) is 0.787. The van der Waals surface area contributed by atoms with E-state index in [-0.39, 0.29) is 10.9 Å². The Labute approximate surface area is 135 Å². The summed E-state index contributed by atoms with van der Waals surface area (Å²) in [4.78, 5) is 11.0. The van der Waals surface area contributed by atoms with Crippen LogP contribution in [-0.4, -0.2) is 58.4 Å². The van der Waals surface area contributed by atoms with Gasteiger partial charge in [0.15, 0.2) is 0 Å². The maximum absolute atomic E-state index is 12.8. The van der Waals surface area contributed by atoms with Crippen LogP contribution in [0.4, 0.5) is 0 Å². The second-order valence-electron chi connectivity index (χ2n) is 5.88. The first-order chi connectivity index (χ1) is 11.0. The first kappa shape index (κ1) is 16.0. The standard InChI is InChI=1S/C14H20N6O2S/c1-19(2)10-11-6-15-9-13(18-11)14-4-3-5-20(14)23(21,22)12-7-16-17-8-12/h6-9,14H,3-5,10H2,1-2H3,(H,16,17)/t14-/m0/s1. The minimum atomic E-state index is -3.57. The van der Waals surface area contributed by atoms with Gasteiger partial charge in [-0.05, 0) is 26.9 Å². The second-order valence-corrected chi connectivity index (χ2v) is 7.77. The molecule has 1 fully saturated rings. The molecular formula is C14H20N6O2S. The van der Waals surface area contributed by atoms with Crippen LogP contribution in [-0.2, 0) is 16.6 Å². The largest absolute Gasteiger partial charge is 0.304 e. The van der Waals surface area contributed by atoms with E-state index in [1.165, 1.54) is 16.7 Å². The van der Waals surface area contributed by atoms with E-state index in [4.69, 9.17) is 0 Å². The maximum Gasteiger partial charge on any atom is 0.246 e. The molecule has 1 N–H and O–H groups in total. The number of aromatic amines is 1. The van der Waals surface area contributed by atoms with E-state index in [2.05, 4.69) is 20.2 Å². The molecule has 0 amide bonds. The number of H-pyrrole nitrogens is 1. The van der Waals surface area contributed by atoms with Crippen LogP contribution in [0.1, 0.15) is 30.3 Å². The highest BCUT2D eigenvalue weighted by Gasteiger charge is 2.37. The highest BCUT2D eigenvalue weighted by molar-refractivity contribution is 7.89. The molecular weight excluding hydrogens is 316 g/mol. The molecule has 0 radical (unpaired) electrons. The van der Waals surface area contributed by atoms with Crippen LogP contribution >= 0.6 is 0 Å². The van der Waals surface area contributed by atoms with E-state index < -0.39 is 10.0 Å². The third-order valence-corrected chi connectivity index (χ3v) is 5.68. The second kappa shape index (κ2) is 6.34. The lowest BCUT2D eigenvalue weighted by Gasteiger charge is -2.23. The van der Waals surface area contributed by atoms with Gasteiger partial charge in [0.1, 0.15) is 4.90 Å². The summed E-state index contributed by atoms with van der Waals surface area (Å²) in [6, 6.07) is -0.274. The van der Waals surface area contributed by atoms with Crippen molar-refractivity contribution in [3.63, 3.8) is 0 Å². The Hall–Kier alpha value is -1.84. The van der Waals surface area contributed by atoms with Gasteiger partial charge in [-0.25, -0.2) is 8.42 Å². The van der Waals surface area contributed by atoms with Gasteiger partial charge in [-0.2, -0.15) is 9.40 Å². The van der Waals surface area contributed by atoms with Crippen LogP contribution < -0.4 is 0 Å². The van der Waals surface area contributed by atoms with E-state index in [9.17, 15) is 8.42 Å². The zero-order valence-electron chi connectivity index (χ0n) is 13.2. The average Bonchev–Trinajstić information content (AvgIpc) is 3.19. The first-order valence-electron chi connectivity index (χ1n) is 7.44. The molecule has 0 unspecified atom stereocenters. The molecule has 9 heteroatoms. The molecule has 8 nitrogen and oxygen atoms in total. The molecule has 1 saturated heterocycles. The van der Waals surface area contributed by atoms with Gasteiger partial charge in [0.25, 0.3) is 0 Å². The lowest BCUT2D eigenvalue weighted by molar-refractivity contribution is 0.378. The lowest BCUT2D eigenvalue weighted by atomic mass is 10.1. The third kappa shape index (κ3) is 3.26. The summed E-state index contributed by atoms with van der Waals surface area (Å²) < 4.78 is 27.0. The Morgan fingerprint density at radius 3 is 2.87 bits per heavy atom. The summed E-state index contributed by atoms with van der Waals surface area (Å²) in [5.74, 6) is 0. The van der Waals surface area contributed by atoms with Crippen molar-refractivity contribution in [2.75, 3.05) is 20.6 Å². The van der Waals surface area contributed by atoms with Crippen molar-refractivity contribution in [3.8, 4) is 0 Å². The summed E-state index contributed by atoms with van der Waals surface area (Å²) in [5, 5.41) is 6.30. The Balaban J connectivity index is 1.90. The lowest BCUT2D eigenvalue weighted by Crippen LogP contribution is -2.31. The smallest absolute Gasteiger partial charge is 0.246 e. The summed E-state index contributed by atoms with van der Waals surface area (Å²) in [5.41, 5.74) is 1.54. The van der Waals surface area contributed by atoms with Crippen molar-refractivity contribution in [2.45, 2.75) is 30.3 Å². The average molecular weight is 336 g/mol. The quantitative estimate of drug-likeness (QED) is 0.867. The van der Waals surface area contributed by atoms with Gasteiger partial charge in [0.05, 0.1) is 29.8 Å². The molecule has 124 valence electrons. The summed E-state index contributed by atoms with van der Waals surface area (Å²) in [6.45, 7) is 1.15. The molecule has 2 aromatic rings. The van der Waals surface area contributed by atoms with E-state index in [1.807, 2.05) is 19.0 Å². The Morgan fingerprint density at radius 1 is 1.35 bits per heavy atom. The SMILES string of the molecule is CN(C)Cc1cncc([C@@H]2CCCN2S(=O)(=O)c2cn[nH]c2)n1. The highest BCUT2D eigenvalue weighted by atomic mass is 32.2. The number of sulfonamides is 1. The maximum atomic E-state index is 12.8. The zero-order valence-corrected chi connectivity index (χ0v) is 14.0. The van der Waals surface area contributed by atoms with Gasteiger partial charge in [0.2, 0.25) is 10.0 Å². The Kier molecular flexibility index (Phi) is 4.42. The molecule has 0 saturated carbocycles. The summed E-state index contributed by atoms with van der Waals surface area (Å²) in [6.07, 6.45) is 7.66. The summed E-state index contributed by atoms with van der Waals surface area (Å²) >= 11 is 0. The predicted molar refractivity (Wildman–Crippen MR) is 83.9 cm³/mol. The summed E-state index contributed by atoms with van der Waals surface area (Å²) in [7, 11) is 0.349. The van der Waals surface area contributed by atoms with Crippen molar-refractivity contribution >= 4 is 10.0 Å². The minimum Gasteiger partial charge on any atom is -0.304 e. The van der Waals surface area contributed by atoms with Crippen LogP contribution in [0.25, 0.3) is 0 Å². The Morgan fingerprint density at radius 2 is 2.17 bits per heavy atom. The molecule has 23 heavy (non-hydrogen) atoms. The monoisotopic (exact) mass is 336 g/mol. The zero-order chi connectivity index (χ0) is 16.4. The molecule has 2 aromatic heterocycles. The van der Waals surface area contributed by atoms with E-state index >= 15 is 0 Å². The number of nitrogens with zero attached hydrogens (tertiary/aromatic N) is 5. The van der Waals surface area contributed by atoms with Gasteiger partial charge in [-0.1, -0.05) is 0 Å². The van der Waals surface area contributed by atoms with Gasteiger partial charge in [0, 0.05) is 25.5 Å². The van der Waals surface area contributed by atoms with Crippen molar-refractivity contribution in [1.82, 2.24) is 29.4 Å². The molecule has 1 aliphatic heterocycles. The van der Waals surface area contributed by atoms with Gasteiger partial charge in [-0.15, -0.1) is 0 Å². The highest BCUT2D eigenvalue weighted by Crippen LogP contribution is 2.35. The van der Waals surface area contributed by atoms with E-state index in [1.54, 1.807) is 12.4 Å². The van der Waals surface area contributed by atoms with Crippen molar-refractivity contribution in [3.05, 3.63) is 36.2 Å². The number of aromatic nitrogens is 4. The van der Waals surface area contributed by atoms with Crippen molar-refractivity contribution in [2.24, 2.45) is 0 Å². The minimum absolute atomic E-state index is 0.182. The van der Waals surface area contributed by atoms with Crippen LogP contribution in [0.3, 0.4) is 0 Å². The normalized spacial score (nSPS) is 19.5. The number of hydrogen-bond acceptors (Lipinski definition) is 6. The molecule has 0 spiro atoms. The fourth-order valence-electron chi connectivity index (χ4n) is 2.82. The van der Waals surface area contributed by atoms with Gasteiger partial charge < -0.3 is 4.90 Å². The van der Waals surface area contributed by atoms with Crippen LogP contribution in [0.5, 0.6) is 0 Å². The Bertz CT molecular complexity index is 759. The topological polar surface area (TPSA) is 95.1 Å². The van der Waals surface area contributed by atoms with Crippen molar-refractivity contribution in [1.29, 1.82) is 0 Å². The molecule has 0 aromatic carbocycles. The molecule has 0 aliphatic carbocycles. The van der Waals surface area contributed by atoms with Gasteiger partial charge in [-0.3, -0.25) is 15.1 Å². The van der Waals surface area contributed by atoms with Crippen LogP contribution in [0.15, 0.2) is 29.7 Å². The molecule has 1 atom stereocenters. The van der Waals surface area contributed by atoms with Crippen molar-refractivity contribution < 1.29 is 8.42 Å². The van der Waals surface area contributed by atoms with Crippen LogP contribution in [0, 0.1) is 0 Å². The molecule has 3 rings (SSSR count). The van der Waals surface area contributed by atoms with Crippen LogP contribution in [0.2, 0.25) is 0 Å². The van der Waals surface area contributed by atoms with E-state index in [0.717, 1.165) is 18.5 Å². The third-order valence-electron chi connectivity index (χ3n) is 3.81. The first-order valence-corrected chi connectivity index (χ1v) is 8.88. The fourth-order valence-corrected chi connectivity index (χ4v) is 4.40. The van der Waals surface area contributed by atoms with Gasteiger partial charge >= 0.3 is 0 Å². The number of hydrogen-bond donors (Lipinski definition) is 1. The number of nitrogens with one attached hydrogen (secondary N) is 1. The fraction of sp³-hybridized carbons (Fsp3) is 0.500.